The van der Waals surface area contributed by atoms with Crippen LogP contribution >= 0.6 is 0 Å². The summed E-state index contributed by atoms with van der Waals surface area (Å²) in [5, 5.41) is 14.7. The van der Waals surface area contributed by atoms with Crippen molar-refractivity contribution in [2.75, 3.05) is 6.61 Å². The number of benzene rings is 2. The molecule has 0 radical (unpaired) electrons. The number of carboxylic acid groups (broad SMARTS) is 1. The number of rotatable bonds is 7. The number of alkyl carbamates (subject to hydrolysis) is 1. The summed E-state index contributed by atoms with van der Waals surface area (Å²) in [6.45, 7) is 0.104. The third kappa shape index (κ3) is 3.72. The summed E-state index contributed by atoms with van der Waals surface area (Å²) in [6, 6.07) is 14.9. The lowest BCUT2D eigenvalue weighted by molar-refractivity contribution is -0.140. The van der Waals surface area contributed by atoms with Gasteiger partial charge in [-0.25, -0.2) is 4.79 Å². The van der Waals surface area contributed by atoms with E-state index in [0.29, 0.717) is 5.92 Å². The summed E-state index contributed by atoms with van der Waals surface area (Å²) in [5.74, 6) is -1.23. The Kier molecular flexibility index (Phi) is 5.12. The molecule has 2 fully saturated rings. The Labute approximate surface area is 186 Å². The van der Waals surface area contributed by atoms with Gasteiger partial charge in [-0.15, -0.1) is 0 Å². The number of hydrogen-bond acceptors (Lipinski definition) is 4. The highest BCUT2D eigenvalue weighted by Crippen LogP contribution is 2.55. The Morgan fingerprint density at radius 1 is 1.06 bits per heavy atom. The predicted octanol–water partition coefficient (Wildman–Crippen LogP) is 3.43. The summed E-state index contributed by atoms with van der Waals surface area (Å²) >= 11 is 0. The Morgan fingerprint density at radius 2 is 1.72 bits per heavy atom. The number of nitrogens with one attached hydrogen (secondary N) is 2. The van der Waals surface area contributed by atoms with Crippen LogP contribution in [0.15, 0.2) is 48.5 Å². The summed E-state index contributed by atoms with van der Waals surface area (Å²) in [6.07, 6.45) is 2.72. The van der Waals surface area contributed by atoms with Crippen LogP contribution in [0.2, 0.25) is 0 Å². The normalized spacial score (nSPS) is 23.4. The Hall–Kier alpha value is -3.35. The number of ether oxygens (including phenoxy) is 1. The molecule has 2 aromatic carbocycles. The molecule has 166 valence electrons. The minimum Gasteiger partial charge on any atom is -0.481 e. The van der Waals surface area contributed by atoms with E-state index in [1.165, 1.54) is 0 Å². The molecule has 7 nitrogen and oxygen atoms in total. The molecule has 3 unspecified atom stereocenters. The van der Waals surface area contributed by atoms with Gasteiger partial charge in [-0.1, -0.05) is 55.0 Å². The number of hydrogen-bond donors (Lipinski definition) is 3. The molecule has 0 spiro atoms. The van der Waals surface area contributed by atoms with Crippen LogP contribution in [0.1, 0.15) is 49.1 Å². The Morgan fingerprint density at radius 3 is 2.28 bits per heavy atom. The number of amides is 2. The van der Waals surface area contributed by atoms with Gasteiger partial charge in [0.2, 0.25) is 5.91 Å². The highest BCUT2D eigenvalue weighted by molar-refractivity contribution is 5.90. The Bertz CT molecular complexity index is 1040. The average molecular weight is 434 g/mol. The van der Waals surface area contributed by atoms with Crippen LogP contribution in [0.25, 0.3) is 11.1 Å². The molecule has 7 heteroatoms. The van der Waals surface area contributed by atoms with Gasteiger partial charge >= 0.3 is 12.1 Å². The lowest BCUT2D eigenvalue weighted by atomic mass is 9.98. The van der Waals surface area contributed by atoms with Gasteiger partial charge in [0.05, 0.1) is 6.42 Å². The van der Waals surface area contributed by atoms with Gasteiger partial charge in [0.1, 0.15) is 12.6 Å². The maximum atomic E-state index is 12.7. The first kappa shape index (κ1) is 20.5. The van der Waals surface area contributed by atoms with Crippen molar-refractivity contribution in [3.63, 3.8) is 0 Å². The quantitative estimate of drug-likeness (QED) is 0.619. The summed E-state index contributed by atoms with van der Waals surface area (Å²) < 4.78 is 5.48. The van der Waals surface area contributed by atoms with Crippen molar-refractivity contribution in [3.8, 4) is 11.1 Å². The van der Waals surface area contributed by atoms with Gasteiger partial charge in [-0.3, -0.25) is 9.59 Å². The molecule has 32 heavy (non-hydrogen) atoms. The fourth-order valence-electron chi connectivity index (χ4n) is 5.44. The number of fused-ring (bicyclic) bond motifs is 4. The fraction of sp³-hybridized carbons (Fsp3) is 0.400. The molecule has 0 heterocycles. The van der Waals surface area contributed by atoms with Crippen LogP contribution in [0.5, 0.6) is 0 Å². The lowest BCUT2D eigenvalue weighted by Gasteiger charge is -2.21. The summed E-state index contributed by atoms with van der Waals surface area (Å²) in [5.41, 5.74) is 4.21. The molecular weight excluding hydrogens is 408 g/mol. The molecule has 0 bridgehead atoms. The highest BCUT2D eigenvalue weighted by atomic mass is 16.5. The maximum Gasteiger partial charge on any atom is 0.407 e. The highest BCUT2D eigenvalue weighted by Gasteiger charge is 2.58. The average Bonchev–Trinajstić information content (AvgIpc) is 3.15. The van der Waals surface area contributed by atoms with Crippen molar-refractivity contribution >= 4 is 18.0 Å². The van der Waals surface area contributed by atoms with E-state index in [4.69, 9.17) is 4.74 Å². The molecule has 3 aliphatic rings. The molecule has 3 N–H and O–H groups in total. The van der Waals surface area contributed by atoms with E-state index in [-0.39, 0.29) is 18.1 Å². The number of carbonyl (C=O) groups is 3. The standard InChI is InChI=1S/C25H26N2O5/c28-22(29)12-21(23(30)27-25-11-5-6-15(25)13-25)26-24(31)32-14-20-18-9-3-1-7-16(18)17-8-2-4-10-19(17)20/h1-4,7-10,15,20-21H,5-6,11-14H2,(H,26,31)(H,27,30)(H,28,29). The lowest BCUT2D eigenvalue weighted by Crippen LogP contribution is -2.51. The van der Waals surface area contributed by atoms with Crippen molar-refractivity contribution in [3.05, 3.63) is 59.7 Å². The molecule has 0 saturated heterocycles. The van der Waals surface area contributed by atoms with Gasteiger partial charge in [-0.2, -0.15) is 0 Å². The molecule has 5 rings (SSSR count). The SMILES string of the molecule is O=C(O)CC(NC(=O)OCC1c2ccccc2-c2ccccc21)C(=O)NC12CCCC1C2. The topological polar surface area (TPSA) is 105 Å². The zero-order valence-electron chi connectivity index (χ0n) is 17.7. The first-order valence-electron chi connectivity index (χ1n) is 11.1. The second-order valence-corrected chi connectivity index (χ2v) is 9.06. The zero-order valence-corrected chi connectivity index (χ0v) is 17.7. The van der Waals surface area contributed by atoms with E-state index in [2.05, 4.69) is 22.8 Å². The van der Waals surface area contributed by atoms with Crippen LogP contribution in [0, 0.1) is 5.92 Å². The largest absolute Gasteiger partial charge is 0.481 e. The molecule has 2 aromatic rings. The van der Waals surface area contributed by atoms with Gasteiger partial charge in [0, 0.05) is 11.5 Å². The van der Waals surface area contributed by atoms with Gasteiger partial charge in [0.15, 0.2) is 0 Å². The van der Waals surface area contributed by atoms with Crippen molar-refractivity contribution in [2.45, 2.75) is 49.6 Å². The minimum atomic E-state index is -1.17. The third-order valence-corrected chi connectivity index (χ3v) is 7.11. The van der Waals surface area contributed by atoms with E-state index in [9.17, 15) is 19.5 Å². The fourth-order valence-corrected chi connectivity index (χ4v) is 5.44. The van der Waals surface area contributed by atoms with E-state index < -0.39 is 30.4 Å². The second kappa shape index (κ2) is 7.97. The number of carbonyl (C=O) groups excluding carboxylic acids is 2. The molecule has 2 amide bonds. The first-order chi connectivity index (χ1) is 15.5. The van der Waals surface area contributed by atoms with Crippen LogP contribution in [0.3, 0.4) is 0 Å². The van der Waals surface area contributed by atoms with Gasteiger partial charge in [0.25, 0.3) is 0 Å². The predicted molar refractivity (Wildman–Crippen MR) is 117 cm³/mol. The van der Waals surface area contributed by atoms with Crippen LogP contribution in [0.4, 0.5) is 4.79 Å². The summed E-state index contributed by atoms with van der Waals surface area (Å²) in [7, 11) is 0. The maximum absolute atomic E-state index is 12.7. The second-order valence-electron chi connectivity index (χ2n) is 9.06. The first-order valence-corrected chi connectivity index (χ1v) is 11.1. The van der Waals surface area contributed by atoms with Crippen LogP contribution in [-0.2, 0) is 14.3 Å². The molecule has 0 aliphatic heterocycles. The van der Waals surface area contributed by atoms with E-state index in [0.717, 1.165) is 47.9 Å². The molecule has 3 atom stereocenters. The van der Waals surface area contributed by atoms with Crippen molar-refractivity contribution in [1.29, 1.82) is 0 Å². The number of aliphatic carboxylic acids is 1. The van der Waals surface area contributed by atoms with Gasteiger partial charge < -0.3 is 20.5 Å². The van der Waals surface area contributed by atoms with Crippen molar-refractivity contribution < 1.29 is 24.2 Å². The van der Waals surface area contributed by atoms with Crippen LogP contribution < -0.4 is 10.6 Å². The monoisotopic (exact) mass is 434 g/mol. The third-order valence-electron chi connectivity index (χ3n) is 7.11. The molecule has 0 aromatic heterocycles. The van der Waals surface area contributed by atoms with E-state index in [1.807, 2.05) is 36.4 Å². The van der Waals surface area contributed by atoms with Crippen molar-refractivity contribution in [2.24, 2.45) is 5.92 Å². The minimum absolute atomic E-state index is 0.104. The number of carboxylic acids is 1. The van der Waals surface area contributed by atoms with E-state index in [1.54, 1.807) is 0 Å². The van der Waals surface area contributed by atoms with Gasteiger partial charge in [-0.05, 0) is 47.4 Å². The zero-order chi connectivity index (χ0) is 22.3. The van der Waals surface area contributed by atoms with Crippen molar-refractivity contribution in [1.82, 2.24) is 10.6 Å². The smallest absolute Gasteiger partial charge is 0.407 e. The van der Waals surface area contributed by atoms with Crippen LogP contribution in [-0.4, -0.2) is 41.3 Å². The van der Waals surface area contributed by atoms with E-state index >= 15 is 0 Å². The Balaban J connectivity index is 1.24. The summed E-state index contributed by atoms with van der Waals surface area (Å²) in [4.78, 5) is 36.6. The molecular formula is C25H26N2O5. The molecule has 3 aliphatic carbocycles. The molecule has 2 saturated carbocycles.